The normalized spacial score (nSPS) is 13.0. The van der Waals surface area contributed by atoms with Gasteiger partial charge in [0.15, 0.2) is 0 Å². The van der Waals surface area contributed by atoms with Crippen molar-refractivity contribution in [3.05, 3.63) is 155 Å². The summed E-state index contributed by atoms with van der Waals surface area (Å²) in [5, 5.41) is 2.10. The quantitative estimate of drug-likeness (QED) is 0.123. The first-order valence-corrected chi connectivity index (χ1v) is 17.6. The zero-order valence-electron chi connectivity index (χ0n) is 30.1. The van der Waals surface area contributed by atoms with Crippen molar-refractivity contribution >= 4 is 32.3 Å². The van der Waals surface area contributed by atoms with Gasteiger partial charge in [0.2, 0.25) is 0 Å². The summed E-state index contributed by atoms with van der Waals surface area (Å²) in [6, 6.07) is 26.3. The van der Waals surface area contributed by atoms with Gasteiger partial charge in [0.25, 0.3) is 0 Å². The monoisotopic (exact) mass is 806 g/mol. The Morgan fingerprint density at radius 3 is 0.759 bits per heavy atom. The van der Waals surface area contributed by atoms with E-state index in [0.29, 0.717) is 51.6 Å². The van der Waals surface area contributed by atoms with Crippen LogP contribution in [-0.2, 0) is 24.7 Å². The molecule has 0 N–H and O–H groups in total. The first-order chi connectivity index (χ1) is 27.1. The molecule has 0 aliphatic heterocycles. The third-order valence-electron chi connectivity index (χ3n) is 10.4. The van der Waals surface area contributed by atoms with E-state index < -0.39 is 58.1 Å². The maximum absolute atomic E-state index is 14.2. The van der Waals surface area contributed by atoms with Gasteiger partial charge < -0.3 is 0 Å². The third-order valence-corrected chi connectivity index (χ3v) is 10.4. The summed E-state index contributed by atoms with van der Waals surface area (Å²) in [5.41, 5.74) is -3.55. The average Bonchev–Trinajstić information content (AvgIpc) is 3.15. The molecular formula is C46H26F12. The minimum Gasteiger partial charge on any atom is -0.166 e. The highest BCUT2D eigenvalue weighted by atomic mass is 19.4. The van der Waals surface area contributed by atoms with Crippen molar-refractivity contribution in [2.75, 3.05) is 0 Å². The molecule has 0 radical (unpaired) electrons. The van der Waals surface area contributed by atoms with Crippen molar-refractivity contribution in [2.45, 2.75) is 38.6 Å². The lowest BCUT2D eigenvalue weighted by Crippen LogP contribution is -2.11. The molecule has 0 aliphatic rings. The molecule has 0 heterocycles. The summed E-state index contributed by atoms with van der Waals surface area (Å²) in [5.74, 6) is 0. The number of hydrogen-bond donors (Lipinski definition) is 0. The molecule has 0 amide bonds. The zero-order chi connectivity index (χ0) is 41.7. The van der Waals surface area contributed by atoms with Crippen molar-refractivity contribution < 1.29 is 52.7 Å². The number of aryl methyl sites for hydroxylation is 2. The van der Waals surface area contributed by atoms with Crippen LogP contribution in [0.1, 0.15) is 33.4 Å². The SMILES string of the molecule is Cc1ccc(-c2cc(-c3ccc(C)cc3)c3ccc4c(-c5cc(C(F)(F)F)cc(C(F)(F)F)c5)cc(-c5cc(C(F)(F)F)cc(C(F)(F)F)c5)c5ccc2c3c54)cc1. The molecule has 8 aromatic rings. The topological polar surface area (TPSA) is 0 Å². The smallest absolute Gasteiger partial charge is 0.166 e. The molecule has 58 heavy (non-hydrogen) atoms. The number of hydrogen-bond acceptors (Lipinski definition) is 0. The molecule has 0 saturated carbocycles. The average molecular weight is 807 g/mol. The van der Waals surface area contributed by atoms with Crippen LogP contribution in [-0.4, -0.2) is 0 Å². The fraction of sp³-hybridized carbons (Fsp3) is 0.130. The molecular weight excluding hydrogens is 780 g/mol. The number of alkyl halides is 12. The first kappa shape index (κ1) is 38.8. The first-order valence-electron chi connectivity index (χ1n) is 17.6. The van der Waals surface area contributed by atoms with Crippen molar-refractivity contribution in [1.82, 2.24) is 0 Å². The number of benzene rings is 8. The lowest BCUT2D eigenvalue weighted by atomic mass is 9.81. The molecule has 294 valence electrons. The Labute approximate surface area is 322 Å². The van der Waals surface area contributed by atoms with E-state index in [1.54, 1.807) is 12.1 Å². The Bertz CT molecular complexity index is 2620. The van der Waals surface area contributed by atoms with E-state index in [4.69, 9.17) is 0 Å². The minimum atomic E-state index is -5.25. The van der Waals surface area contributed by atoms with E-state index in [-0.39, 0.29) is 39.4 Å². The molecule has 8 aromatic carbocycles. The van der Waals surface area contributed by atoms with E-state index in [1.165, 1.54) is 12.1 Å². The van der Waals surface area contributed by atoms with Gasteiger partial charge in [-0.15, -0.1) is 0 Å². The van der Waals surface area contributed by atoms with Gasteiger partial charge in [-0.3, -0.25) is 0 Å². The Morgan fingerprint density at radius 1 is 0.276 bits per heavy atom. The third kappa shape index (κ3) is 6.88. The fourth-order valence-corrected chi connectivity index (χ4v) is 7.64. The van der Waals surface area contributed by atoms with Crippen LogP contribution in [0.15, 0.2) is 121 Å². The fourth-order valence-electron chi connectivity index (χ4n) is 7.64. The summed E-state index contributed by atoms with van der Waals surface area (Å²) in [6.45, 7) is 3.79. The minimum absolute atomic E-state index is 0.0511. The summed E-state index contributed by atoms with van der Waals surface area (Å²) in [4.78, 5) is 0. The van der Waals surface area contributed by atoms with Crippen LogP contribution in [0.25, 0.3) is 76.8 Å². The van der Waals surface area contributed by atoms with Crippen LogP contribution < -0.4 is 0 Å². The summed E-state index contributed by atoms with van der Waals surface area (Å²) in [6.07, 6.45) is -21.0. The Hall–Kier alpha value is -6.04. The predicted molar refractivity (Wildman–Crippen MR) is 201 cm³/mol. The van der Waals surface area contributed by atoms with Crippen molar-refractivity contribution in [3.63, 3.8) is 0 Å². The van der Waals surface area contributed by atoms with Crippen LogP contribution in [0, 0.1) is 13.8 Å². The van der Waals surface area contributed by atoms with Crippen LogP contribution in [0.4, 0.5) is 52.7 Å². The van der Waals surface area contributed by atoms with Crippen LogP contribution in [0.5, 0.6) is 0 Å². The summed E-state index contributed by atoms with van der Waals surface area (Å²) >= 11 is 0. The van der Waals surface area contributed by atoms with Crippen LogP contribution in [0.3, 0.4) is 0 Å². The number of halogens is 12. The van der Waals surface area contributed by atoms with E-state index in [2.05, 4.69) is 0 Å². The van der Waals surface area contributed by atoms with Crippen LogP contribution in [0.2, 0.25) is 0 Å². The highest BCUT2D eigenvalue weighted by Crippen LogP contribution is 2.50. The molecule has 0 aliphatic carbocycles. The molecule has 0 atom stereocenters. The van der Waals surface area contributed by atoms with E-state index in [0.717, 1.165) is 28.3 Å². The van der Waals surface area contributed by atoms with Gasteiger partial charge in [0, 0.05) is 0 Å². The molecule has 0 fully saturated rings. The lowest BCUT2D eigenvalue weighted by Gasteiger charge is -2.23. The summed E-state index contributed by atoms with van der Waals surface area (Å²) in [7, 11) is 0. The van der Waals surface area contributed by atoms with Crippen molar-refractivity contribution in [3.8, 4) is 44.5 Å². The van der Waals surface area contributed by atoms with Gasteiger partial charge in [-0.2, -0.15) is 52.7 Å². The Kier molecular flexibility index (Phi) is 8.87. The molecule has 0 spiro atoms. The van der Waals surface area contributed by atoms with Gasteiger partial charge >= 0.3 is 24.7 Å². The van der Waals surface area contributed by atoms with Gasteiger partial charge in [0.1, 0.15) is 0 Å². The van der Waals surface area contributed by atoms with Crippen molar-refractivity contribution in [2.24, 2.45) is 0 Å². The highest BCUT2D eigenvalue weighted by molar-refractivity contribution is 6.32. The molecule has 0 unspecified atom stereocenters. The van der Waals surface area contributed by atoms with Gasteiger partial charge in [0.05, 0.1) is 22.3 Å². The maximum Gasteiger partial charge on any atom is 0.416 e. The molecule has 0 aromatic heterocycles. The van der Waals surface area contributed by atoms with Crippen molar-refractivity contribution in [1.29, 1.82) is 0 Å². The molecule has 8 rings (SSSR count). The van der Waals surface area contributed by atoms with Gasteiger partial charge in [-0.1, -0.05) is 83.9 Å². The van der Waals surface area contributed by atoms with E-state index in [1.807, 2.05) is 68.4 Å². The maximum atomic E-state index is 14.2. The zero-order valence-corrected chi connectivity index (χ0v) is 30.1. The second kappa shape index (κ2) is 13.3. The second-order valence-electron chi connectivity index (χ2n) is 14.3. The second-order valence-corrected chi connectivity index (χ2v) is 14.3. The lowest BCUT2D eigenvalue weighted by molar-refractivity contribution is -0.144. The standard InChI is InChI=1S/C46H26F12/c1-23-3-7-25(8-4-23)37-21-38(26-9-5-24(2)6-10-26)34-12-14-36-40(28-17-31(45(53,54)55)20-32(18-28)46(56,57)58)22-39(35-13-11-33(37)41(34)42(35)36)27-15-29(43(47,48)49)19-30(16-27)44(50,51)52/h3-22H,1-2H3. The predicted octanol–water partition coefficient (Wildman–Crippen LogP) is 15.9. The largest absolute Gasteiger partial charge is 0.416 e. The Morgan fingerprint density at radius 2 is 0.517 bits per heavy atom. The summed E-state index contributed by atoms with van der Waals surface area (Å²) < 4.78 is 171. The van der Waals surface area contributed by atoms with Crippen LogP contribution >= 0.6 is 0 Å². The molecule has 0 saturated heterocycles. The molecule has 0 nitrogen and oxygen atoms in total. The molecule has 0 bridgehead atoms. The van der Waals surface area contributed by atoms with E-state index in [9.17, 15) is 52.7 Å². The van der Waals surface area contributed by atoms with E-state index >= 15 is 0 Å². The Balaban J connectivity index is 1.59. The van der Waals surface area contributed by atoms with Gasteiger partial charge in [-0.25, -0.2) is 0 Å². The highest BCUT2D eigenvalue weighted by Gasteiger charge is 2.39. The molecule has 12 heteroatoms. The number of rotatable bonds is 4. The van der Waals surface area contributed by atoms with Gasteiger partial charge in [-0.05, 0) is 139 Å².